The fourth-order valence-electron chi connectivity index (χ4n) is 1.35. The quantitative estimate of drug-likeness (QED) is 0.556. The molecule has 3 N–H and O–H groups in total. The Bertz CT molecular complexity index is 316. The molecular formula is C12H18N2. The zero-order valence-electron chi connectivity index (χ0n) is 8.88. The summed E-state index contributed by atoms with van der Waals surface area (Å²) in [6.07, 6.45) is 2.25. The lowest BCUT2D eigenvalue weighted by Gasteiger charge is -2.06. The number of amidine groups is 1. The predicted molar refractivity (Wildman–Crippen MR) is 60.6 cm³/mol. The van der Waals surface area contributed by atoms with Crippen LogP contribution in [0.1, 0.15) is 31.4 Å². The average Bonchev–Trinajstić information content (AvgIpc) is 2.15. The van der Waals surface area contributed by atoms with Crippen LogP contribution in [0.15, 0.2) is 24.3 Å². The van der Waals surface area contributed by atoms with E-state index in [0.29, 0.717) is 0 Å². The van der Waals surface area contributed by atoms with Crippen molar-refractivity contribution < 1.29 is 0 Å². The first-order valence-corrected chi connectivity index (χ1v) is 5.03. The minimum absolute atomic E-state index is 0.149. The summed E-state index contributed by atoms with van der Waals surface area (Å²) in [6, 6.07) is 7.94. The molecule has 2 nitrogen and oxygen atoms in total. The number of hydrogen-bond donors (Lipinski definition) is 2. The van der Waals surface area contributed by atoms with Crippen LogP contribution < -0.4 is 5.73 Å². The molecule has 0 heterocycles. The average molecular weight is 190 g/mol. The second-order valence-corrected chi connectivity index (χ2v) is 4.05. The maximum absolute atomic E-state index is 7.33. The van der Waals surface area contributed by atoms with E-state index < -0.39 is 0 Å². The zero-order valence-corrected chi connectivity index (χ0v) is 8.88. The number of nitrogens with two attached hydrogens (primary N) is 1. The van der Waals surface area contributed by atoms with Crippen molar-refractivity contribution in [3.63, 3.8) is 0 Å². The lowest BCUT2D eigenvalue weighted by molar-refractivity contribution is 0.586. The summed E-state index contributed by atoms with van der Waals surface area (Å²) >= 11 is 0. The van der Waals surface area contributed by atoms with Crippen LogP contribution in [0.2, 0.25) is 0 Å². The summed E-state index contributed by atoms with van der Waals surface area (Å²) in [5.74, 6) is 0.868. The first kappa shape index (κ1) is 10.8. The van der Waals surface area contributed by atoms with E-state index >= 15 is 0 Å². The number of hydrogen-bond acceptors (Lipinski definition) is 1. The van der Waals surface area contributed by atoms with Crippen LogP contribution in [0.5, 0.6) is 0 Å². The van der Waals surface area contributed by atoms with E-state index in [1.807, 2.05) is 18.2 Å². The van der Waals surface area contributed by atoms with E-state index in [1.54, 1.807) is 0 Å². The van der Waals surface area contributed by atoms with Crippen molar-refractivity contribution in [2.24, 2.45) is 11.7 Å². The summed E-state index contributed by atoms with van der Waals surface area (Å²) in [6.45, 7) is 4.43. The topological polar surface area (TPSA) is 49.9 Å². The molecule has 0 spiro atoms. The van der Waals surface area contributed by atoms with Crippen LogP contribution in [0.3, 0.4) is 0 Å². The van der Waals surface area contributed by atoms with Gasteiger partial charge in [0.25, 0.3) is 0 Å². The van der Waals surface area contributed by atoms with E-state index in [2.05, 4.69) is 19.9 Å². The Morgan fingerprint density at radius 3 is 2.71 bits per heavy atom. The van der Waals surface area contributed by atoms with Gasteiger partial charge in [0.2, 0.25) is 0 Å². The minimum atomic E-state index is 0.149. The fourth-order valence-corrected chi connectivity index (χ4v) is 1.35. The van der Waals surface area contributed by atoms with Crippen LogP contribution in [0.4, 0.5) is 0 Å². The van der Waals surface area contributed by atoms with Gasteiger partial charge in [-0.1, -0.05) is 32.0 Å². The van der Waals surface area contributed by atoms with Gasteiger partial charge in [0.1, 0.15) is 5.84 Å². The molecule has 0 amide bonds. The molecule has 14 heavy (non-hydrogen) atoms. The van der Waals surface area contributed by atoms with E-state index in [4.69, 9.17) is 11.1 Å². The van der Waals surface area contributed by atoms with Gasteiger partial charge in [-0.05, 0) is 30.4 Å². The molecular weight excluding hydrogens is 172 g/mol. The lowest BCUT2D eigenvalue weighted by Crippen LogP contribution is -2.11. The summed E-state index contributed by atoms with van der Waals surface area (Å²) in [5, 5.41) is 7.33. The first-order chi connectivity index (χ1) is 6.59. The van der Waals surface area contributed by atoms with Gasteiger partial charge in [-0.15, -0.1) is 0 Å². The second-order valence-electron chi connectivity index (χ2n) is 4.05. The van der Waals surface area contributed by atoms with Crippen molar-refractivity contribution in [1.29, 1.82) is 5.41 Å². The van der Waals surface area contributed by atoms with Crippen molar-refractivity contribution in [3.8, 4) is 0 Å². The highest BCUT2D eigenvalue weighted by molar-refractivity contribution is 5.95. The molecule has 0 saturated carbocycles. The van der Waals surface area contributed by atoms with Gasteiger partial charge in [0.15, 0.2) is 0 Å². The van der Waals surface area contributed by atoms with Gasteiger partial charge in [-0.3, -0.25) is 5.41 Å². The highest BCUT2D eigenvalue weighted by Crippen LogP contribution is 2.10. The molecule has 1 aromatic rings. The smallest absolute Gasteiger partial charge is 0.122 e. The molecule has 76 valence electrons. The molecule has 0 saturated heterocycles. The highest BCUT2D eigenvalue weighted by atomic mass is 14.7. The van der Waals surface area contributed by atoms with Crippen molar-refractivity contribution in [3.05, 3.63) is 35.4 Å². The zero-order chi connectivity index (χ0) is 10.6. The van der Waals surface area contributed by atoms with E-state index in [1.165, 1.54) is 12.0 Å². The summed E-state index contributed by atoms with van der Waals surface area (Å²) in [5.41, 5.74) is 7.52. The van der Waals surface area contributed by atoms with Gasteiger partial charge in [0.05, 0.1) is 0 Å². The molecule has 0 atom stereocenters. The normalized spacial score (nSPS) is 10.5. The first-order valence-electron chi connectivity index (χ1n) is 5.03. The Morgan fingerprint density at radius 1 is 1.43 bits per heavy atom. The Kier molecular flexibility index (Phi) is 3.69. The lowest BCUT2D eigenvalue weighted by atomic mass is 10.0. The number of nitrogen functional groups attached to an aromatic ring is 1. The third-order valence-corrected chi connectivity index (χ3v) is 2.25. The molecule has 2 heteroatoms. The van der Waals surface area contributed by atoms with Crippen LogP contribution in [-0.2, 0) is 6.42 Å². The largest absolute Gasteiger partial charge is 0.384 e. The standard InChI is InChI=1S/C12H18N2/c1-9(2)6-7-10-4-3-5-11(8-10)12(13)14/h3-5,8-9H,6-7H2,1-2H3,(H3,13,14). The van der Waals surface area contributed by atoms with Crippen molar-refractivity contribution >= 4 is 5.84 Å². The monoisotopic (exact) mass is 190 g/mol. The van der Waals surface area contributed by atoms with Crippen LogP contribution >= 0.6 is 0 Å². The SMILES string of the molecule is CC(C)CCc1cccc(C(=N)N)c1. The van der Waals surface area contributed by atoms with Crippen LogP contribution in [-0.4, -0.2) is 5.84 Å². The molecule has 1 rings (SSSR count). The number of benzene rings is 1. The summed E-state index contributed by atoms with van der Waals surface area (Å²) < 4.78 is 0. The van der Waals surface area contributed by atoms with Gasteiger partial charge in [-0.2, -0.15) is 0 Å². The molecule has 0 bridgehead atoms. The van der Waals surface area contributed by atoms with E-state index in [0.717, 1.165) is 17.9 Å². The maximum Gasteiger partial charge on any atom is 0.122 e. The number of nitrogens with one attached hydrogen (secondary N) is 1. The van der Waals surface area contributed by atoms with E-state index in [9.17, 15) is 0 Å². The summed E-state index contributed by atoms with van der Waals surface area (Å²) in [7, 11) is 0. The molecule has 0 aliphatic carbocycles. The van der Waals surface area contributed by atoms with Crippen molar-refractivity contribution in [2.75, 3.05) is 0 Å². The van der Waals surface area contributed by atoms with Gasteiger partial charge in [0, 0.05) is 5.56 Å². The van der Waals surface area contributed by atoms with Crippen molar-refractivity contribution in [1.82, 2.24) is 0 Å². The van der Waals surface area contributed by atoms with Gasteiger partial charge in [-0.25, -0.2) is 0 Å². The molecule has 0 aliphatic rings. The highest BCUT2D eigenvalue weighted by Gasteiger charge is 2.00. The maximum atomic E-state index is 7.33. The Labute approximate surface area is 85.6 Å². The summed E-state index contributed by atoms with van der Waals surface area (Å²) in [4.78, 5) is 0. The second kappa shape index (κ2) is 4.80. The number of aryl methyl sites for hydroxylation is 1. The van der Waals surface area contributed by atoms with Crippen molar-refractivity contribution in [2.45, 2.75) is 26.7 Å². The predicted octanol–water partition coefficient (Wildman–Crippen LogP) is 2.56. The molecule has 0 aromatic heterocycles. The molecule has 1 aromatic carbocycles. The Morgan fingerprint density at radius 2 is 2.14 bits per heavy atom. The molecule has 0 aliphatic heterocycles. The Balaban J connectivity index is 2.69. The fraction of sp³-hybridized carbons (Fsp3) is 0.417. The van der Waals surface area contributed by atoms with E-state index in [-0.39, 0.29) is 5.84 Å². The molecule has 0 unspecified atom stereocenters. The Hall–Kier alpha value is -1.31. The third-order valence-electron chi connectivity index (χ3n) is 2.25. The molecule has 0 fully saturated rings. The third kappa shape index (κ3) is 3.21. The van der Waals surface area contributed by atoms with Gasteiger partial charge < -0.3 is 5.73 Å². The van der Waals surface area contributed by atoms with Crippen LogP contribution in [0.25, 0.3) is 0 Å². The number of rotatable bonds is 4. The molecule has 0 radical (unpaired) electrons. The van der Waals surface area contributed by atoms with Gasteiger partial charge >= 0.3 is 0 Å². The minimum Gasteiger partial charge on any atom is -0.384 e. The van der Waals surface area contributed by atoms with Crippen LogP contribution in [0, 0.1) is 11.3 Å².